The molecule has 6 nitrogen and oxygen atoms in total. The number of hydrogen-bond donors (Lipinski definition) is 1. The molecule has 0 aliphatic heterocycles. The smallest absolute Gasteiger partial charge is 0.312 e. The molecule has 5 rings (SSSR count). The Labute approximate surface area is 248 Å². The first-order valence-electron chi connectivity index (χ1n) is 16.1. The summed E-state index contributed by atoms with van der Waals surface area (Å²) in [7, 11) is 3.18. The summed E-state index contributed by atoms with van der Waals surface area (Å²) < 4.78 is 10.7. The van der Waals surface area contributed by atoms with Crippen LogP contribution in [0.3, 0.4) is 0 Å². The highest BCUT2D eigenvalue weighted by Crippen LogP contribution is 2.75. The number of Topliss-reactive ketones (excluding diaryl/α,β-unsaturated/α-hetero) is 1. The molecule has 0 heterocycles. The van der Waals surface area contributed by atoms with Gasteiger partial charge in [0.05, 0.1) is 25.0 Å². The van der Waals surface area contributed by atoms with Crippen LogP contribution in [0.1, 0.15) is 106 Å². The molecule has 1 amide bonds. The van der Waals surface area contributed by atoms with E-state index >= 15 is 0 Å². The zero-order valence-corrected chi connectivity index (χ0v) is 27.2. The number of rotatable bonds is 5. The molecule has 0 aromatic heterocycles. The van der Waals surface area contributed by atoms with Crippen molar-refractivity contribution in [1.29, 1.82) is 0 Å². The fourth-order valence-corrected chi connectivity index (χ4v) is 11.4. The molecule has 0 saturated heterocycles. The topological polar surface area (TPSA) is 81.7 Å². The summed E-state index contributed by atoms with van der Waals surface area (Å²) in [5, 5.41) is 2.99. The SMILES string of the molecule is COCCNC(=O)C1C[C@@]2(C)C(CC[C@]3(C)C2CC=C2C4CC(C)(C)CC[C@]4(C(=O)OC)CC[C@]23C)C(C)(C)C1=O. The molecule has 6 heteroatoms. The zero-order chi connectivity index (χ0) is 30.2. The maximum Gasteiger partial charge on any atom is 0.312 e. The summed E-state index contributed by atoms with van der Waals surface area (Å²) in [4.78, 5) is 40.8. The van der Waals surface area contributed by atoms with Gasteiger partial charge in [-0.1, -0.05) is 60.1 Å². The van der Waals surface area contributed by atoms with Crippen molar-refractivity contribution in [1.82, 2.24) is 5.32 Å². The van der Waals surface area contributed by atoms with Crippen LogP contribution in [0, 0.1) is 56.2 Å². The van der Waals surface area contributed by atoms with Crippen LogP contribution < -0.4 is 5.32 Å². The Kier molecular flexibility index (Phi) is 7.44. The lowest BCUT2D eigenvalue weighted by molar-refractivity contribution is -0.196. The van der Waals surface area contributed by atoms with E-state index in [-0.39, 0.29) is 51.2 Å². The van der Waals surface area contributed by atoms with Gasteiger partial charge in [-0.3, -0.25) is 14.4 Å². The fraction of sp³-hybridized carbons (Fsp3) is 0.857. The highest BCUT2D eigenvalue weighted by Gasteiger charge is 2.70. The second-order valence-corrected chi connectivity index (χ2v) is 16.5. The monoisotopic (exact) mass is 569 g/mol. The fourth-order valence-electron chi connectivity index (χ4n) is 11.4. The van der Waals surface area contributed by atoms with Crippen molar-refractivity contribution in [2.75, 3.05) is 27.4 Å². The van der Waals surface area contributed by atoms with Crippen molar-refractivity contribution >= 4 is 17.7 Å². The molecule has 0 aromatic rings. The van der Waals surface area contributed by atoms with E-state index in [1.54, 1.807) is 14.2 Å². The van der Waals surface area contributed by atoms with Gasteiger partial charge in [-0.15, -0.1) is 0 Å². The minimum Gasteiger partial charge on any atom is -0.469 e. The number of esters is 1. The standard InChI is InChI=1S/C35H55NO5/c1-30(2)14-16-35(29(39)41-9)17-15-33(6)23(24(35)21-30)10-11-26-32(5)20-22(28(38)36-18-19-40-8)27(37)31(3,4)25(32)12-13-34(26,33)7/h10,22,24-26H,11-21H2,1-9H3,(H,36,38)/t22?,24?,25?,26?,32-,33+,34+,35-/m0/s1. The third kappa shape index (κ3) is 4.23. The van der Waals surface area contributed by atoms with Gasteiger partial charge in [0.2, 0.25) is 5.91 Å². The number of methoxy groups -OCH3 is 2. The van der Waals surface area contributed by atoms with Crippen LogP contribution >= 0.6 is 0 Å². The average molecular weight is 570 g/mol. The second-order valence-electron chi connectivity index (χ2n) is 16.5. The first kappa shape index (κ1) is 30.8. The Balaban J connectivity index is 1.56. The Hall–Kier alpha value is -1.69. The largest absolute Gasteiger partial charge is 0.469 e. The van der Waals surface area contributed by atoms with Crippen molar-refractivity contribution in [2.45, 2.75) is 106 Å². The quantitative estimate of drug-likeness (QED) is 0.176. The number of carbonyl (C=O) groups is 3. The Morgan fingerprint density at radius 1 is 0.927 bits per heavy atom. The highest BCUT2D eigenvalue weighted by molar-refractivity contribution is 6.04. The predicted octanol–water partition coefficient (Wildman–Crippen LogP) is 6.52. The number of ether oxygens (including phenoxy) is 2. The van der Waals surface area contributed by atoms with Crippen LogP contribution in [0.4, 0.5) is 0 Å². The summed E-state index contributed by atoms with van der Waals surface area (Å²) in [6, 6.07) is 0. The van der Waals surface area contributed by atoms with Gasteiger partial charge in [0, 0.05) is 19.1 Å². The van der Waals surface area contributed by atoms with Crippen molar-refractivity contribution in [3.05, 3.63) is 11.6 Å². The van der Waals surface area contributed by atoms with Gasteiger partial charge in [-0.25, -0.2) is 0 Å². The molecule has 41 heavy (non-hydrogen) atoms. The molecule has 230 valence electrons. The predicted molar refractivity (Wildman–Crippen MR) is 160 cm³/mol. The van der Waals surface area contributed by atoms with Gasteiger partial charge < -0.3 is 14.8 Å². The van der Waals surface area contributed by atoms with E-state index in [1.807, 2.05) is 0 Å². The lowest BCUT2D eigenvalue weighted by Crippen LogP contribution is -2.66. The summed E-state index contributed by atoms with van der Waals surface area (Å²) >= 11 is 0. The molecule has 5 aliphatic rings. The van der Waals surface area contributed by atoms with E-state index in [1.165, 1.54) is 5.57 Å². The van der Waals surface area contributed by atoms with Gasteiger partial charge in [-0.2, -0.15) is 0 Å². The lowest BCUT2D eigenvalue weighted by Gasteiger charge is -2.71. The van der Waals surface area contributed by atoms with Crippen molar-refractivity contribution in [3.8, 4) is 0 Å². The molecule has 0 spiro atoms. The van der Waals surface area contributed by atoms with E-state index in [9.17, 15) is 14.4 Å². The molecule has 4 saturated carbocycles. The van der Waals surface area contributed by atoms with Crippen LogP contribution in [0.25, 0.3) is 0 Å². The molecule has 4 fully saturated rings. The van der Waals surface area contributed by atoms with Gasteiger partial charge in [0.1, 0.15) is 0 Å². The minimum absolute atomic E-state index is 0.0150. The van der Waals surface area contributed by atoms with Gasteiger partial charge >= 0.3 is 5.97 Å². The lowest BCUT2D eigenvalue weighted by atomic mass is 9.33. The molecule has 8 atom stereocenters. The van der Waals surface area contributed by atoms with Crippen molar-refractivity contribution < 1.29 is 23.9 Å². The number of amides is 1. The van der Waals surface area contributed by atoms with E-state index in [4.69, 9.17) is 9.47 Å². The first-order valence-corrected chi connectivity index (χ1v) is 16.1. The maximum absolute atomic E-state index is 13.8. The Morgan fingerprint density at radius 2 is 1.61 bits per heavy atom. The number of fused-ring (bicyclic) bond motifs is 7. The van der Waals surface area contributed by atoms with E-state index in [0.717, 1.165) is 51.4 Å². The van der Waals surface area contributed by atoms with Gasteiger partial charge in [0.25, 0.3) is 0 Å². The molecule has 1 N–H and O–H groups in total. The molecule has 0 aromatic carbocycles. The molecule has 5 aliphatic carbocycles. The average Bonchev–Trinajstić information content (AvgIpc) is 2.90. The van der Waals surface area contributed by atoms with Crippen molar-refractivity contribution in [2.24, 2.45) is 56.2 Å². The number of nitrogens with one attached hydrogen (secondary N) is 1. The van der Waals surface area contributed by atoms with E-state index in [2.05, 4.69) is 59.9 Å². The summed E-state index contributed by atoms with van der Waals surface area (Å²) in [5.74, 6) is 0.140. The highest BCUT2D eigenvalue weighted by atomic mass is 16.5. The summed E-state index contributed by atoms with van der Waals surface area (Å²) in [6.07, 6.45) is 11.0. The van der Waals surface area contributed by atoms with Crippen molar-refractivity contribution in [3.63, 3.8) is 0 Å². The normalized spacial score (nSPS) is 44.3. The number of carbonyl (C=O) groups excluding carboxylic acids is 3. The number of allylic oxidation sites excluding steroid dienone is 2. The summed E-state index contributed by atoms with van der Waals surface area (Å²) in [6.45, 7) is 17.2. The van der Waals surface area contributed by atoms with Crippen LogP contribution in [0.2, 0.25) is 0 Å². The third-order valence-corrected chi connectivity index (χ3v) is 13.9. The number of hydrogen-bond acceptors (Lipinski definition) is 5. The molecular weight excluding hydrogens is 514 g/mol. The van der Waals surface area contributed by atoms with Crippen LogP contribution in [-0.4, -0.2) is 45.0 Å². The Bertz CT molecular complexity index is 1140. The molecule has 0 radical (unpaired) electrons. The van der Waals surface area contributed by atoms with E-state index in [0.29, 0.717) is 25.5 Å². The van der Waals surface area contributed by atoms with Gasteiger partial charge in [0.15, 0.2) is 5.78 Å². The first-order chi connectivity index (χ1) is 19.0. The minimum atomic E-state index is -0.624. The van der Waals surface area contributed by atoms with Gasteiger partial charge in [-0.05, 0) is 97.2 Å². The van der Waals surface area contributed by atoms with Crippen LogP contribution in [0.15, 0.2) is 11.6 Å². The van der Waals surface area contributed by atoms with Crippen LogP contribution in [0.5, 0.6) is 0 Å². The van der Waals surface area contributed by atoms with Crippen LogP contribution in [-0.2, 0) is 23.9 Å². The molecular formula is C35H55NO5. The zero-order valence-electron chi connectivity index (χ0n) is 27.2. The third-order valence-electron chi connectivity index (χ3n) is 13.9. The van der Waals surface area contributed by atoms with E-state index < -0.39 is 16.7 Å². The number of ketones is 1. The maximum atomic E-state index is 13.8. The Morgan fingerprint density at radius 3 is 2.27 bits per heavy atom. The molecule has 0 bridgehead atoms. The molecule has 4 unspecified atom stereocenters. The second kappa shape index (κ2) is 9.92. The summed E-state index contributed by atoms with van der Waals surface area (Å²) in [5.41, 5.74) is 0.595.